The molecule has 0 radical (unpaired) electrons. The Morgan fingerprint density at radius 2 is 1.50 bits per heavy atom. The van der Waals surface area contributed by atoms with E-state index in [9.17, 15) is 23.9 Å². The number of carbonyl (C=O) groups excluding carboxylic acids is 3. The Labute approximate surface area is 161 Å². The lowest BCUT2D eigenvalue weighted by Gasteiger charge is -2.39. The van der Waals surface area contributed by atoms with Crippen LogP contribution in [-0.4, -0.2) is 52.3 Å². The van der Waals surface area contributed by atoms with E-state index in [1.54, 1.807) is 41.3 Å². The molecule has 0 bridgehead atoms. The second kappa shape index (κ2) is 6.83. The van der Waals surface area contributed by atoms with Gasteiger partial charge in [-0.1, -0.05) is 24.3 Å². The molecular weight excluding hydrogens is 363 g/mol. The number of nitrogens with zero attached hydrogens (tertiary/aromatic N) is 2. The van der Waals surface area contributed by atoms with Crippen molar-refractivity contribution in [3.63, 3.8) is 0 Å². The molecule has 2 aromatic carbocycles. The molecule has 0 unspecified atom stereocenters. The lowest BCUT2D eigenvalue weighted by atomic mass is 9.84. The van der Waals surface area contributed by atoms with Gasteiger partial charge in [-0.25, -0.2) is 4.39 Å². The maximum absolute atomic E-state index is 13.1. The minimum absolute atomic E-state index is 0.288. The quantitative estimate of drug-likeness (QED) is 0.823. The van der Waals surface area contributed by atoms with Gasteiger partial charge in [0, 0.05) is 13.1 Å². The van der Waals surface area contributed by atoms with E-state index in [0.29, 0.717) is 29.5 Å². The number of aliphatic hydroxyl groups is 1. The number of hydrogen-bond donors (Lipinski definition) is 1. The zero-order valence-corrected chi connectivity index (χ0v) is 15.1. The molecule has 1 saturated heterocycles. The van der Waals surface area contributed by atoms with Crippen molar-refractivity contribution in [1.82, 2.24) is 9.80 Å². The molecule has 28 heavy (non-hydrogen) atoms. The first-order valence-electron chi connectivity index (χ1n) is 9.10. The third-order valence-electron chi connectivity index (χ3n) is 5.50. The predicted molar refractivity (Wildman–Crippen MR) is 97.9 cm³/mol. The van der Waals surface area contributed by atoms with Gasteiger partial charge in [0.05, 0.1) is 16.7 Å². The minimum atomic E-state index is -1.13. The molecule has 0 aromatic heterocycles. The van der Waals surface area contributed by atoms with Gasteiger partial charge < -0.3 is 10.0 Å². The predicted octanol–water partition coefficient (Wildman–Crippen LogP) is 1.93. The first-order valence-corrected chi connectivity index (χ1v) is 9.10. The molecule has 2 aliphatic heterocycles. The number of likely N-dealkylation sites (tertiary alicyclic amines) is 1. The molecule has 0 spiro atoms. The van der Waals surface area contributed by atoms with Crippen molar-refractivity contribution >= 4 is 17.7 Å². The third kappa shape index (κ3) is 3.07. The van der Waals surface area contributed by atoms with Crippen LogP contribution in [0.4, 0.5) is 4.39 Å². The van der Waals surface area contributed by atoms with Gasteiger partial charge >= 0.3 is 0 Å². The maximum atomic E-state index is 13.1. The smallest absolute Gasteiger partial charge is 0.262 e. The molecule has 0 atom stereocenters. The summed E-state index contributed by atoms with van der Waals surface area (Å²) in [6, 6.07) is 12.2. The summed E-state index contributed by atoms with van der Waals surface area (Å²) in [5.41, 5.74) is 0.107. The Morgan fingerprint density at radius 1 is 0.964 bits per heavy atom. The molecule has 2 aliphatic rings. The highest BCUT2D eigenvalue weighted by atomic mass is 19.1. The number of piperidine rings is 1. The number of rotatable bonds is 3. The van der Waals surface area contributed by atoms with Gasteiger partial charge in [-0.3, -0.25) is 19.3 Å². The zero-order valence-electron chi connectivity index (χ0n) is 15.1. The van der Waals surface area contributed by atoms with E-state index < -0.39 is 17.4 Å². The Kier molecular flexibility index (Phi) is 4.47. The summed E-state index contributed by atoms with van der Waals surface area (Å²) in [6.45, 7) is 0.257. The summed E-state index contributed by atoms with van der Waals surface area (Å²) in [5.74, 6) is -1.64. The van der Waals surface area contributed by atoms with Crippen LogP contribution in [0.3, 0.4) is 0 Å². The number of carbonyl (C=O) groups is 3. The Bertz CT molecular complexity index is 914. The Balaban J connectivity index is 1.40. The Morgan fingerprint density at radius 3 is 2.04 bits per heavy atom. The zero-order chi connectivity index (χ0) is 19.9. The minimum Gasteiger partial charge on any atom is -0.385 e. The number of fused-ring (bicyclic) bond motifs is 1. The highest BCUT2D eigenvalue weighted by Gasteiger charge is 2.39. The van der Waals surface area contributed by atoms with Crippen molar-refractivity contribution in [2.45, 2.75) is 18.4 Å². The van der Waals surface area contributed by atoms with Crippen LogP contribution in [0.5, 0.6) is 0 Å². The fraction of sp³-hybridized carbons (Fsp3) is 0.286. The summed E-state index contributed by atoms with van der Waals surface area (Å²) in [6.07, 6.45) is 0.596. The average Bonchev–Trinajstić information content (AvgIpc) is 2.94. The molecule has 4 rings (SSSR count). The standard InChI is InChI=1S/C21H19FN2O4/c22-15-7-5-14(6-8-15)21(28)9-11-23(12-10-21)18(25)13-24-19(26)16-3-1-2-4-17(16)20(24)27/h1-8,28H,9-13H2. The molecule has 0 saturated carbocycles. The van der Waals surface area contributed by atoms with Gasteiger partial charge in [0.25, 0.3) is 11.8 Å². The van der Waals surface area contributed by atoms with Gasteiger partial charge in [0.2, 0.25) is 5.91 Å². The molecule has 1 fully saturated rings. The SMILES string of the molecule is O=C(CN1C(=O)c2ccccc2C1=O)N1CCC(O)(c2ccc(F)cc2)CC1. The van der Waals surface area contributed by atoms with Gasteiger partial charge in [0.1, 0.15) is 12.4 Å². The molecule has 3 amide bonds. The fourth-order valence-corrected chi connectivity index (χ4v) is 3.79. The largest absolute Gasteiger partial charge is 0.385 e. The van der Waals surface area contributed by atoms with Crippen LogP contribution in [0.2, 0.25) is 0 Å². The molecule has 1 N–H and O–H groups in total. The molecule has 2 aromatic rings. The molecule has 144 valence electrons. The van der Waals surface area contributed by atoms with E-state index in [1.165, 1.54) is 12.1 Å². The Hall–Kier alpha value is -3.06. The molecule has 7 heteroatoms. The summed E-state index contributed by atoms with van der Waals surface area (Å²) in [7, 11) is 0. The van der Waals surface area contributed by atoms with Crippen LogP contribution in [0.15, 0.2) is 48.5 Å². The average molecular weight is 382 g/mol. The number of imide groups is 1. The number of hydrogen-bond acceptors (Lipinski definition) is 4. The third-order valence-corrected chi connectivity index (χ3v) is 5.50. The first kappa shape index (κ1) is 18.3. The van der Waals surface area contributed by atoms with Crippen molar-refractivity contribution < 1.29 is 23.9 Å². The van der Waals surface area contributed by atoms with Gasteiger partial charge in [-0.2, -0.15) is 0 Å². The van der Waals surface area contributed by atoms with Crippen molar-refractivity contribution in [2.75, 3.05) is 19.6 Å². The van der Waals surface area contributed by atoms with Crippen molar-refractivity contribution in [3.8, 4) is 0 Å². The van der Waals surface area contributed by atoms with Gasteiger partial charge in [0.15, 0.2) is 0 Å². The van der Waals surface area contributed by atoms with E-state index in [1.807, 2.05) is 0 Å². The van der Waals surface area contributed by atoms with Crippen LogP contribution >= 0.6 is 0 Å². The summed E-state index contributed by atoms with van der Waals surface area (Å²) >= 11 is 0. The molecule has 0 aliphatic carbocycles. The van der Waals surface area contributed by atoms with Crippen LogP contribution in [0.25, 0.3) is 0 Å². The van der Waals surface area contributed by atoms with E-state index in [4.69, 9.17) is 0 Å². The first-order chi connectivity index (χ1) is 13.4. The van der Waals surface area contributed by atoms with Crippen molar-refractivity contribution in [2.24, 2.45) is 0 Å². The van der Waals surface area contributed by atoms with Crippen LogP contribution in [-0.2, 0) is 10.4 Å². The lowest BCUT2D eigenvalue weighted by Crippen LogP contribution is -2.49. The van der Waals surface area contributed by atoms with Crippen molar-refractivity contribution in [1.29, 1.82) is 0 Å². The summed E-state index contributed by atoms with van der Waals surface area (Å²) in [5, 5.41) is 10.8. The normalized spacial score (nSPS) is 18.4. The van der Waals surface area contributed by atoms with Crippen molar-refractivity contribution in [3.05, 3.63) is 71.0 Å². The second-order valence-electron chi connectivity index (χ2n) is 7.16. The number of amides is 3. The van der Waals surface area contributed by atoms with E-state index in [-0.39, 0.29) is 31.4 Å². The van der Waals surface area contributed by atoms with E-state index >= 15 is 0 Å². The topological polar surface area (TPSA) is 77.9 Å². The summed E-state index contributed by atoms with van der Waals surface area (Å²) < 4.78 is 13.1. The maximum Gasteiger partial charge on any atom is 0.262 e. The number of halogens is 1. The monoisotopic (exact) mass is 382 g/mol. The molecular formula is C21H19FN2O4. The highest BCUT2D eigenvalue weighted by molar-refractivity contribution is 6.22. The highest BCUT2D eigenvalue weighted by Crippen LogP contribution is 2.33. The molecule has 2 heterocycles. The number of benzene rings is 2. The lowest BCUT2D eigenvalue weighted by molar-refractivity contribution is -0.136. The van der Waals surface area contributed by atoms with Crippen LogP contribution in [0.1, 0.15) is 39.1 Å². The second-order valence-corrected chi connectivity index (χ2v) is 7.16. The van der Waals surface area contributed by atoms with E-state index in [0.717, 1.165) is 4.90 Å². The van der Waals surface area contributed by atoms with Crippen LogP contribution < -0.4 is 0 Å². The van der Waals surface area contributed by atoms with Gasteiger partial charge in [-0.15, -0.1) is 0 Å². The fourth-order valence-electron chi connectivity index (χ4n) is 3.79. The summed E-state index contributed by atoms with van der Waals surface area (Å²) in [4.78, 5) is 40.0. The van der Waals surface area contributed by atoms with E-state index in [2.05, 4.69) is 0 Å². The molecule has 6 nitrogen and oxygen atoms in total. The van der Waals surface area contributed by atoms with Gasteiger partial charge in [-0.05, 0) is 42.7 Å². The van der Waals surface area contributed by atoms with Crippen LogP contribution in [0, 0.1) is 5.82 Å².